The minimum atomic E-state index is -3.68. The Morgan fingerprint density at radius 1 is 1.00 bits per heavy atom. The molecule has 0 atom stereocenters. The monoisotopic (exact) mass is 392 g/mol. The molecule has 0 spiro atoms. The normalized spacial score (nSPS) is 11.1. The molecule has 146 valence electrons. The Kier molecular flexibility index (Phi) is 8.25. The molecule has 0 aromatic heterocycles. The van der Waals surface area contributed by atoms with Gasteiger partial charge in [0.2, 0.25) is 10.0 Å². The van der Waals surface area contributed by atoms with Gasteiger partial charge in [0.25, 0.3) is 5.91 Å². The second-order valence-electron chi connectivity index (χ2n) is 5.69. The summed E-state index contributed by atoms with van der Waals surface area (Å²) in [6.45, 7) is 1.33. The fourth-order valence-corrected chi connectivity index (χ4v) is 3.31. The first-order chi connectivity index (χ1) is 13.0. The van der Waals surface area contributed by atoms with Crippen molar-refractivity contribution in [1.82, 2.24) is 10.0 Å². The molecule has 0 unspecified atom stereocenters. The van der Waals surface area contributed by atoms with Gasteiger partial charge >= 0.3 is 0 Å². The average Bonchev–Trinajstić information content (AvgIpc) is 2.68. The van der Waals surface area contributed by atoms with Crippen LogP contribution in [0.5, 0.6) is 5.75 Å². The Bertz CT molecular complexity index is 825. The van der Waals surface area contributed by atoms with E-state index in [0.717, 1.165) is 5.75 Å². The lowest BCUT2D eigenvalue weighted by atomic mass is 10.2. The summed E-state index contributed by atoms with van der Waals surface area (Å²) in [6, 6.07) is 15.3. The van der Waals surface area contributed by atoms with Crippen LogP contribution in [0.25, 0.3) is 0 Å². The summed E-state index contributed by atoms with van der Waals surface area (Å²) in [4.78, 5) is 12.3. The molecule has 0 heterocycles. The summed E-state index contributed by atoms with van der Waals surface area (Å²) in [5.74, 6) is 0.450. The highest BCUT2D eigenvalue weighted by Crippen LogP contribution is 2.12. The predicted octanol–water partition coefficient (Wildman–Crippen LogP) is 1.81. The molecule has 0 aliphatic rings. The van der Waals surface area contributed by atoms with Gasteiger partial charge in [-0.25, -0.2) is 13.1 Å². The van der Waals surface area contributed by atoms with Crippen molar-refractivity contribution in [1.29, 1.82) is 0 Å². The third-order valence-electron chi connectivity index (χ3n) is 3.62. The van der Waals surface area contributed by atoms with E-state index < -0.39 is 10.0 Å². The Hall–Kier alpha value is -2.42. The lowest BCUT2D eigenvalue weighted by Crippen LogP contribution is -2.28. The van der Waals surface area contributed by atoms with Gasteiger partial charge < -0.3 is 14.8 Å². The fraction of sp³-hybridized carbons (Fsp3) is 0.316. The van der Waals surface area contributed by atoms with Crippen LogP contribution in [0.15, 0.2) is 59.5 Å². The average molecular weight is 392 g/mol. The van der Waals surface area contributed by atoms with Crippen LogP contribution >= 0.6 is 0 Å². The van der Waals surface area contributed by atoms with E-state index in [9.17, 15) is 13.2 Å². The summed E-state index contributed by atoms with van der Waals surface area (Å²) >= 11 is 0. The van der Waals surface area contributed by atoms with E-state index in [1.807, 2.05) is 30.3 Å². The zero-order valence-corrected chi connectivity index (χ0v) is 16.0. The van der Waals surface area contributed by atoms with Crippen LogP contribution in [0.1, 0.15) is 16.8 Å². The molecule has 0 fully saturated rings. The van der Waals surface area contributed by atoms with E-state index in [1.54, 1.807) is 6.07 Å². The number of hydrogen-bond donors (Lipinski definition) is 2. The summed E-state index contributed by atoms with van der Waals surface area (Å²) in [5, 5.41) is 2.76. The quantitative estimate of drug-likeness (QED) is 0.569. The van der Waals surface area contributed by atoms with Gasteiger partial charge in [0.15, 0.2) is 0 Å². The molecule has 2 aromatic rings. The molecular weight excluding hydrogens is 368 g/mol. The van der Waals surface area contributed by atoms with Gasteiger partial charge in [-0.15, -0.1) is 0 Å². The fourth-order valence-electron chi connectivity index (χ4n) is 2.25. The third kappa shape index (κ3) is 7.01. The number of hydrogen-bond acceptors (Lipinski definition) is 5. The van der Waals surface area contributed by atoms with Crippen molar-refractivity contribution in [3.63, 3.8) is 0 Å². The van der Waals surface area contributed by atoms with E-state index in [2.05, 4.69) is 10.0 Å². The highest BCUT2D eigenvalue weighted by Gasteiger charge is 2.15. The van der Waals surface area contributed by atoms with Crippen LogP contribution in [0.2, 0.25) is 0 Å². The van der Waals surface area contributed by atoms with Gasteiger partial charge in [-0.1, -0.05) is 24.3 Å². The van der Waals surface area contributed by atoms with Gasteiger partial charge in [0, 0.05) is 25.8 Å². The van der Waals surface area contributed by atoms with Crippen molar-refractivity contribution in [2.45, 2.75) is 11.3 Å². The van der Waals surface area contributed by atoms with Gasteiger partial charge in [-0.3, -0.25) is 4.79 Å². The number of carbonyl (C=O) groups excluding carboxylic acids is 1. The first-order valence-corrected chi connectivity index (χ1v) is 10.1. The molecule has 2 aromatic carbocycles. The summed E-state index contributed by atoms with van der Waals surface area (Å²) in [5.41, 5.74) is 0.286. The highest BCUT2D eigenvalue weighted by molar-refractivity contribution is 7.89. The zero-order chi connectivity index (χ0) is 19.5. The van der Waals surface area contributed by atoms with Crippen LogP contribution in [0.4, 0.5) is 0 Å². The molecule has 0 bridgehead atoms. The van der Waals surface area contributed by atoms with Gasteiger partial charge in [-0.2, -0.15) is 0 Å². The van der Waals surface area contributed by atoms with Crippen molar-refractivity contribution in [3.8, 4) is 5.75 Å². The largest absolute Gasteiger partial charge is 0.494 e. The summed E-state index contributed by atoms with van der Waals surface area (Å²) < 4.78 is 37.2. The number of carbonyl (C=O) groups is 1. The lowest BCUT2D eigenvalue weighted by molar-refractivity contribution is 0.0951. The van der Waals surface area contributed by atoms with E-state index in [1.165, 1.54) is 25.3 Å². The number of para-hydroxylation sites is 1. The van der Waals surface area contributed by atoms with Gasteiger partial charge in [-0.05, 0) is 36.8 Å². The number of methoxy groups -OCH3 is 1. The molecule has 27 heavy (non-hydrogen) atoms. The maximum atomic E-state index is 12.2. The number of rotatable bonds is 11. The van der Waals surface area contributed by atoms with Gasteiger partial charge in [0.05, 0.1) is 18.1 Å². The number of sulfonamides is 1. The second kappa shape index (κ2) is 10.7. The van der Waals surface area contributed by atoms with E-state index in [0.29, 0.717) is 19.6 Å². The minimum absolute atomic E-state index is 0.0404. The predicted molar refractivity (Wildman–Crippen MR) is 102 cm³/mol. The van der Waals surface area contributed by atoms with Crippen molar-refractivity contribution >= 4 is 15.9 Å². The standard InChI is InChI=1S/C19H24N2O5S/c1-25-14-12-21-27(23,24)18-10-5-7-16(15-18)19(22)20-11-6-13-26-17-8-3-2-4-9-17/h2-5,7-10,15,21H,6,11-14H2,1H3,(H,20,22). The van der Waals surface area contributed by atoms with Gasteiger partial charge in [0.1, 0.15) is 5.75 Å². The summed E-state index contributed by atoms with van der Waals surface area (Å²) in [7, 11) is -2.19. The number of ether oxygens (including phenoxy) is 2. The molecule has 7 nitrogen and oxygen atoms in total. The maximum Gasteiger partial charge on any atom is 0.251 e. The smallest absolute Gasteiger partial charge is 0.251 e. The Morgan fingerprint density at radius 3 is 2.52 bits per heavy atom. The Labute approximate surface area is 159 Å². The molecule has 2 rings (SSSR count). The first-order valence-electron chi connectivity index (χ1n) is 8.57. The Balaban J connectivity index is 1.82. The molecule has 1 amide bonds. The molecule has 0 saturated carbocycles. The lowest BCUT2D eigenvalue weighted by Gasteiger charge is -2.09. The zero-order valence-electron chi connectivity index (χ0n) is 15.2. The topological polar surface area (TPSA) is 93.7 Å². The first kappa shape index (κ1) is 20.9. The molecule has 0 saturated heterocycles. The van der Waals surface area contributed by atoms with E-state index in [4.69, 9.17) is 9.47 Å². The highest BCUT2D eigenvalue weighted by atomic mass is 32.2. The van der Waals surface area contributed by atoms with E-state index in [-0.39, 0.29) is 29.5 Å². The van der Waals surface area contributed by atoms with Crippen molar-refractivity contribution < 1.29 is 22.7 Å². The number of amides is 1. The number of nitrogens with one attached hydrogen (secondary N) is 2. The summed E-state index contributed by atoms with van der Waals surface area (Å²) in [6.07, 6.45) is 0.636. The number of benzene rings is 2. The van der Waals surface area contributed by atoms with Crippen LogP contribution in [-0.4, -0.2) is 47.7 Å². The molecule has 2 N–H and O–H groups in total. The molecule has 0 radical (unpaired) electrons. The van der Waals surface area contributed by atoms with Crippen molar-refractivity contribution in [2.75, 3.05) is 33.4 Å². The molecule has 0 aliphatic carbocycles. The van der Waals surface area contributed by atoms with Crippen LogP contribution < -0.4 is 14.8 Å². The SMILES string of the molecule is COCCNS(=O)(=O)c1cccc(C(=O)NCCCOc2ccccc2)c1. The van der Waals surface area contributed by atoms with Crippen LogP contribution in [-0.2, 0) is 14.8 Å². The van der Waals surface area contributed by atoms with Crippen LogP contribution in [0.3, 0.4) is 0 Å². The third-order valence-corrected chi connectivity index (χ3v) is 5.08. The Morgan fingerprint density at radius 2 is 1.78 bits per heavy atom. The molecule has 0 aliphatic heterocycles. The maximum absolute atomic E-state index is 12.2. The molecule has 8 heteroatoms. The van der Waals surface area contributed by atoms with Crippen LogP contribution in [0, 0.1) is 0 Å². The second-order valence-corrected chi connectivity index (χ2v) is 7.46. The van der Waals surface area contributed by atoms with Crippen molar-refractivity contribution in [3.05, 3.63) is 60.2 Å². The molecular formula is C19H24N2O5S. The minimum Gasteiger partial charge on any atom is -0.494 e. The van der Waals surface area contributed by atoms with Crippen molar-refractivity contribution in [2.24, 2.45) is 0 Å². The van der Waals surface area contributed by atoms with E-state index >= 15 is 0 Å².